The van der Waals surface area contributed by atoms with E-state index in [1.54, 1.807) is 25.4 Å². The van der Waals surface area contributed by atoms with Crippen molar-refractivity contribution >= 4 is 11.0 Å². The molecule has 1 atom stereocenters. The summed E-state index contributed by atoms with van der Waals surface area (Å²) in [6.45, 7) is 0.265. The fraction of sp³-hybridized carbons (Fsp3) is 0.111. The Morgan fingerprint density at radius 1 is 1.12 bits per heavy atom. The molecule has 25 heavy (non-hydrogen) atoms. The normalized spacial score (nSPS) is 11.9. The first-order chi connectivity index (χ1) is 12.2. The highest BCUT2D eigenvalue weighted by Gasteiger charge is 2.09. The molecule has 0 aliphatic heterocycles. The topological polar surface area (TPSA) is 64.1 Å². The summed E-state index contributed by atoms with van der Waals surface area (Å²) in [7, 11) is 0.110. The van der Waals surface area contributed by atoms with E-state index in [1.807, 2.05) is 18.2 Å². The zero-order chi connectivity index (χ0) is 17.6. The second-order valence-electron chi connectivity index (χ2n) is 5.14. The van der Waals surface area contributed by atoms with Gasteiger partial charge < -0.3 is 4.74 Å². The van der Waals surface area contributed by atoms with Crippen molar-refractivity contribution in [2.24, 2.45) is 0 Å². The van der Waals surface area contributed by atoms with E-state index in [9.17, 15) is 8.60 Å². The van der Waals surface area contributed by atoms with Gasteiger partial charge in [0, 0.05) is 18.3 Å². The highest BCUT2D eigenvalue weighted by molar-refractivity contribution is 7.83. The van der Waals surface area contributed by atoms with E-state index in [0.717, 1.165) is 5.69 Å². The number of pyridine rings is 2. The lowest BCUT2D eigenvalue weighted by Gasteiger charge is -2.09. The van der Waals surface area contributed by atoms with Crippen molar-refractivity contribution in [3.63, 3.8) is 0 Å². The van der Waals surface area contributed by atoms with Crippen molar-refractivity contribution in [1.82, 2.24) is 14.7 Å². The third-order valence-electron chi connectivity index (χ3n) is 3.43. The average Bonchev–Trinajstić information content (AvgIpc) is 2.67. The van der Waals surface area contributed by atoms with Gasteiger partial charge in [-0.15, -0.1) is 0 Å². The highest BCUT2D eigenvalue weighted by atomic mass is 32.2. The molecule has 7 heteroatoms. The maximum Gasteiger partial charge on any atom is 0.125 e. The lowest BCUT2D eigenvalue weighted by Crippen LogP contribution is -2.17. The molecule has 0 amide bonds. The second kappa shape index (κ2) is 7.96. The van der Waals surface area contributed by atoms with Crippen molar-refractivity contribution in [3.05, 3.63) is 72.3 Å². The molecular formula is C18H16FN3O2S. The van der Waals surface area contributed by atoms with Crippen LogP contribution < -0.4 is 9.46 Å². The number of nitrogens with one attached hydrogen (secondary N) is 1. The first-order valence-electron chi connectivity index (χ1n) is 7.53. The van der Waals surface area contributed by atoms with Crippen LogP contribution in [0.4, 0.5) is 4.39 Å². The van der Waals surface area contributed by atoms with Gasteiger partial charge in [-0.1, -0.05) is 6.07 Å². The maximum atomic E-state index is 12.9. The summed E-state index contributed by atoms with van der Waals surface area (Å²) in [5, 5.41) is 0. The van der Waals surface area contributed by atoms with Crippen molar-refractivity contribution in [3.8, 4) is 17.1 Å². The Kier molecular flexibility index (Phi) is 5.47. The average molecular weight is 357 g/mol. The first kappa shape index (κ1) is 17.2. The number of halogens is 1. The molecule has 128 valence electrons. The molecule has 0 radical (unpaired) electrons. The van der Waals surface area contributed by atoms with Crippen LogP contribution in [0.5, 0.6) is 5.75 Å². The molecule has 0 bridgehead atoms. The van der Waals surface area contributed by atoms with Crippen LogP contribution >= 0.6 is 0 Å². The first-order valence-corrected chi connectivity index (χ1v) is 8.68. The molecule has 0 fully saturated rings. The smallest absolute Gasteiger partial charge is 0.125 e. The molecule has 2 heterocycles. The molecule has 0 saturated heterocycles. The number of hydrogen-bond acceptors (Lipinski definition) is 4. The molecular weight excluding hydrogens is 341 g/mol. The van der Waals surface area contributed by atoms with Gasteiger partial charge in [-0.05, 0) is 36.4 Å². The zero-order valence-corrected chi connectivity index (χ0v) is 14.3. The number of aromatic nitrogens is 2. The Balaban J connectivity index is 1.78. The van der Waals surface area contributed by atoms with Crippen LogP contribution in [0.2, 0.25) is 0 Å². The minimum atomic E-state index is -1.46. The molecule has 0 spiro atoms. The third-order valence-corrected chi connectivity index (χ3v) is 4.53. The van der Waals surface area contributed by atoms with Crippen LogP contribution in [0.3, 0.4) is 0 Å². The highest BCUT2D eigenvalue weighted by Crippen LogP contribution is 2.21. The Labute approximate surface area is 147 Å². The minimum Gasteiger partial charge on any atom is -0.497 e. The standard InChI is InChI=1S/C18H16FN3O2S/c1-24-15-10-14(22-18(11-15)17-4-2-3-9-20-17)12-21-25(23)16-7-5-13(19)6-8-16/h2-11,21H,12H2,1H3. The molecule has 1 unspecified atom stereocenters. The third kappa shape index (κ3) is 4.46. The number of rotatable bonds is 6. The zero-order valence-electron chi connectivity index (χ0n) is 13.5. The predicted molar refractivity (Wildman–Crippen MR) is 93.7 cm³/mol. The monoisotopic (exact) mass is 357 g/mol. The van der Waals surface area contributed by atoms with E-state index in [0.29, 0.717) is 22.0 Å². The van der Waals surface area contributed by atoms with Crippen LogP contribution in [0.25, 0.3) is 11.4 Å². The molecule has 0 aliphatic carbocycles. The molecule has 3 aromatic rings. The van der Waals surface area contributed by atoms with Crippen LogP contribution in [0.15, 0.2) is 65.7 Å². The fourth-order valence-electron chi connectivity index (χ4n) is 2.19. The summed E-state index contributed by atoms with van der Waals surface area (Å²) in [6.07, 6.45) is 1.69. The van der Waals surface area contributed by atoms with Gasteiger partial charge in [0.15, 0.2) is 0 Å². The summed E-state index contributed by atoms with van der Waals surface area (Å²) in [5.74, 6) is 0.273. The summed E-state index contributed by atoms with van der Waals surface area (Å²) in [6, 6.07) is 14.6. The SMILES string of the molecule is COc1cc(CNS(=O)c2ccc(F)cc2)nc(-c2ccccn2)c1. The molecule has 1 N–H and O–H groups in total. The largest absolute Gasteiger partial charge is 0.497 e. The van der Waals surface area contributed by atoms with E-state index in [2.05, 4.69) is 14.7 Å². The van der Waals surface area contributed by atoms with Crippen molar-refractivity contribution in [1.29, 1.82) is 0 Å². The van der Waals surface area contributed by atoms with Crippen molar-refractivity contribution in [2.45, 2.75) is 11.4 Å². The molecule has 0 aliphatic rings. The van der Waals surface area contributed by atoms with Crippen molar-refractivity contribution < 1.29 is 13.3 Å². The molecule has 1 aromatic carbocycles. The Morgan fingerprint density at radius 3 is 2.60 bits per heavy atom. The van der Waals surface area contributed by atoms with Crippen LogP contribution in [0, 0.1) is 5.82 Å². The van der Waals surface area contributed by atoms with Crippen LogP contribution in [-0.4, -0.2) is 21.3 Å². The fourth-order valence-corrected chi connectivity index (χ4v) is 3.02. The van der Waals surface area contributed by atoms with Gasteiger partial charge in [-0.2, -0.15) is 0 Å². The van der Waals surface area contributed by atoms with E-state index >= 15 is 0 Å². The van der Waals surface area contributed by atoms with E-state index in [-0.39, 0.29) is 12.4 Å². The quantitative estimate of drug-likeness (QED) is 0.736. The Hall–Kier alpha value is -2.64. The van der Waals surface area contributed by atoms with E-state index < -0.39 is 11.0 Å². The summed E-state index contributed by atoms with van der Waals surface area (Å²) < 4.78 is 33.4. The van der Waals surface area contributed by atoms with Crippen molar-refractivity contribution in [2.75, 3.05) is 7.11 Å². The molecule has 2 aromatic heterocycles. The lowest BCUT2D eigenvalue weighted by atomic mass is 10.2. The Bertz CT molecular complexity index is 873. The number of ether oxygens (including phenoxy) is 1. The van der Waals surface area contributed by atoms with Gasteiger partial charge in [-0.3, -0.25) is 4.98 Å². The summed E-state index contributed by atoms with van der Waals surface area (Å²) in [4.78, 5) is 9.31. The number of methoxy groups -OCH3 is 1. The maximum absolute atomic E-state index is 12.9. The molecule has 5 nitrogen and oxygen atoms in total. The van der Waals surface area contributed by atoms with Gasteiger partial charge in [0.1, 0.15) is 22.6 Å². The summed E-state index contributed by atoms with van der Waals surface area (Å²) >= 11 is 0. The number of nitrogens with zero attached hydrogens (tertiary/aromatic N) is 2. The van der Waals surface area contributed by atoms with Gasteiger partial charge in [0.2, 0.25) is 0 Å². The Morgan fingerprint density at radius 2 is 1.92 bits per heavy atom. The van der Waals surface area contributed by atoms with Crippen LogP contribution in [0.1, 0.15) is 5.69 Å². The molecule has 3 rings (SSSR count). The van der Waals surface area contributed by atoms with Gasteiger partial charge in [0.25, 0.3) is 0 Å². The minimum absolute atomic E-state index is 0.265. The molecule has 0 saturated carbocycles. The second-order valence-corrected chi connectivity index (χ2v) is 6.44. The van der Waals surface area contributed by atoms with Gasteiger partial charge >= 0.3 is 0 Å². The predicted octanol–water partition coefficient (Wildman–Crippen LogP) is 3.10. The van der Waals surface area contributed by atoms with E-state index in [1.165, 1.54) is 24.3 Å². The van der Waals surface area contributed by atoms with Gasteiger partial charge in [0.05, 0.1) is 35.6 Å². The van der Waals surface area contributed by atoms with E-state index in [4.69, 9.17) is 4.74 Å². The number of benzene rings is 1. The van der Waals surface area contributed by atoms with Gasteiger partial charge in [-0.25, -0.2) is 18.3 Å². The summed E-state index contributed by atoms with van der Waals surface area (Å²) in [5.41, 5.74) is 2.06. The lowest BCUT2D eigenvalue weighted by molar-refractivity contribution is 0.413. The van der Waals surface area contributed by atoms with Crippen LogP contribution in [-0.2, 0) is 17.5 Å². The number of hydrogen-bond donors (Lipinski definition) is 1.